The van der Waals surface area contributed by atoms with E-state index in [4.69, 9.17) is 0 Å². The van der Waals surface area contributed by atoms with Crippen LogP contribution < -0.4 is 0 Å². The zero-order valence-electron chi connectivity index (χ0n) is 4.24. The van der Waals surface area contributed by atoms with Crippen LogP contribution in [0.3, 0.4) is 0 Å². The summed E-state index contributed by atoms with van der Waals surface area (Å²) in [5, 5.41) is 0. The molecule has 0 bridgehead atoms. The van der Waals surface area contributed by atoms with Gasteiger partial charge in [0.05, 0.1) is 6.34 Å². The van der Waals surface area contributed by atoms with Crippen LogP contribution in [-0.4, -0.2) is 24.2 Å². The fourth-order valence-electron chi connectivity index (χ4n) is 0.449. The third kappa shape index (κ3) is 0.932. The SMILES string of the molecule is O=[C]N1C=NC=CC1. The van der Waals surface area contributed by atoms with Crippen LogP contribution in [0.15, 0.2) is 17.3 Å². The van der Waals surface area contributed by atoms with Gasteiger partial charge in [-0.1, -0.05) is 0 Å². The molecule has 1 amide bonds. The van der Waals surface area contributed by atoms with E-state index in [1.54, 1.807) is 18.7 Å². The Morgan fingerprint density at radius 2 is 2.62 bits per heavy atom. The zero-order chi connectivity index (χ0) is 5.82. The van der Waals surface area contributed by atoms with Crippen molar-refractivity contribution in [2.75, 3.05) is 6.54 Å². The van der Waals surface area contributed by atoms with Crippen LogP contribution in [0.1, 0.15) is 0 Å². The molecule has 0 fully saturated rings. The van der Waals surface area contributed by atoms with E-state index in [0.717, 1.165) is 0 Å². The number of nitrogens with zero attached hydrogens (tertiary/aromatic N) is 2. The molecule has 1 aliphatic heterocycles. The number of carbonyl (C=O) groups excluding carboxylic acids is 1. The molecule has 0 N–H and O–H groups in total. The maximum atomic E-state index is 9.84. The maximum absolute atomic E-state index is 9.84. The highest BCUT2D eigenvalue weighted by atomic mass is 16.1. The third-order valence-electron chi connectivity index (χ3n) is 0.817. The lowest BCUT2D eigenvalue weighted by Gasteiger charge is -2.07. The van der Waals surface area contributed by atoms with Gasteiger partial charge in [0.15, 0.2) is 0 Å². The molecule has 1 aliphatic rings. The van der Waals surface area contributed by atoms with E-state index in [2.05, 4.69) is 4.99 Å². The van der Waals surface area contributed by atoms with E-state index in [1.165, 1.54) is 11.2 Å². The van der Waals surface area contributed by atoms with Gasteiger partial charge in [-0.15, -0.1) is 0 Å². The van der Waals surface area contributed by atoms with Crippen molar-refractivity contribution in [3.05, 3.63) is 12.3 Å². The Bertz CT molecular complexity index is 139. The van der Waals surface area contributed by atoms with Crippen molar-refractivity contribution in [1.82, 2.24) is 4.90 Å². The summed E-state index contributed by atoms with van der Waals surface area (Å²) < 4.78 is 0. The molecule has 0 aromatic carbocycles. The summed E-state index contributed by atoms with van der Waals surface area (Å²) in [6.45, 7) is 0.590. The van der Waals surface area contributed by atoms with Gasteiger partial charge in [-0.2, -0.15) is 0 Å². The summed E-state index contributed by atoms with van der Waals surface area (Å²) in [5.41, 5.74) is 0. The van der Waals surface area contributed by atoms with Crippen molar-refractivity contribution in [2.24, 2.45) is 4.99 Å². The zero-order valence-corrected chi connectivity index (χ0v) is 4.24. The van der Waals surface area contributed by atoms with E-state index in [-0.39, 0.29) is 0 Å². The Balaban J connectivity index is 2.51. The van der Waals surface area contributed by atoms with Gasteiger partial charge in [0.25, 0.3) is 0 Å². The highest BCUT2D eigenvalue weighted by Crippen LogP contribution is 1.86. The first-order valence-electron chi connectivity index (χ1n) is 2.26. The second-order valence-electron chi connectivity index (χ2n) is 1.39. The van der Waals surface area contributed by atoms with Gasteiger partial charge in [0.2, 0.25) is 0 Å². The number of hydrogen-bond acceptors (Lipinski definition) is 2. The molecule has 0 aromatic rings. The summed E-state index contributed by atoms with van der Waals surface area (Å²) in [4.78, 5) is 14.9. The quantitative estimate of drug-likeness (QED) is 0.463. The number of amides is 1. The molecule has 0 atom stereocenters. The maximum Gasteiger partial charge on any atom is 0.317 e. The summed E-state index contributed by atoms with van der Waals surface area (Å²) in [5.74, 6) is 0. The molecule has 1 heterocycles. The molecular formula is C5H5N2O. The summed E-state index contributed by atoms with van der Waals surface area (Å²) in [7, 11) is 0. The molecule has 0 saturated heterocycles. The Labute approximate surface area is 47.3 Å². The molecule has 3 nitrogen and oxygen atoms in total. The smallest absolute Gasteiger partial charge is 0.291 e. The fourth-order valence-corrected chi connectivity index (χ4v) is 0.449. The van der Waals surface area contributed by atoms with Crippen LogP contribution >= 0.6 is 0 Å². The van der Waals surface area contributed by atoms with Gasteiger partial charge >= 0.3 is 6.41 Å². The molecule has 0 aliphatic carbocycles. The highest BCUT2D eigenvalue weighted by Gasteiger charge is 1.95. The van der Waals surface area contributed by atoms with Crippen molar-refractivity contribution < 1.29 is 4.79 Å². The first kappa shape index (κ1) is 5.03. The lowest BCUT2D eigenvalue weighted by Crippen LogP contribution is -2.21. The third-order valence-corrected chi connectivity index (χ3v) is 0.817. The van der Waals surface area contributed by atoms with Crippen molar-refractivity contribution in [1.29, 1.82) is 0 Å². The Morgan fingerprint density at radius 1 is 1.75 bits per heavy atom. The van der Waals surface area contributed by atoms with Gasteiger partial charge in [-0.3, -0.25) is 9.69 Å². The minimum Gasteiger partial charge on any atom is -0.291 e. The first-order valence-corrected chi connectivity index (χ1v) is 2.26. The highest BCUT2D eigenvalue weighted by molar-refractivity contribution is 5.73. The lowest BCUT2D eigenvalue weighted by atomic mass is 10.5. The minimum atomic E-state index is 0.590. The Hall–Kier alpha value is -1.12. The number of aliphatic imine (C=N–C) groups is 1. The average molecular weight is 109 g/mol. The number of hydrogen-bond donors (Lipinski definition) is 0. The lowest BCUT2D eigenvalue weighted by molar-refractivity contribution is 0.503. The van der Waals surface area contributed by atoms with E-state index in [9.17, 15) is 4.79 Å². The van der Waals surface area contributed by atoms with Gasteiger partial charge in [0, 0.05) is 12.7 Å². The molecular weight excluding hydrogens is 104 g/mol. The molecule has 0 unspecified atom stereocenters. The van der Waals surface area contributed by atoms with E-state index < -0.39 is 0 Å². The van der Waals surface area contributed by atoms with Crippen LogP contribution in [0.4, 0.5) is 0 Å². The van der Waals surface area contributed by atoms with Crippen molar-refractivity contribution in [3.8, 4) is 0 Å². The predicted octanol–water partition coefficient (Wildman–Crippen LogP) is -0.0888. The monoisotopic (exact) mass is 109 g/mol. The summed E-state index contributed by atoms with van der Waals surface area (Å²) in [6.07, 6.45) is 6.55. The van der Waals surface area contributed by atoms with Crippen molar-refractivity contribution in [3.63, 3.8) is 0 Å². The van der Waals surface area contributed by atoms with Crippen molar-refractivity contribution >= 4 is 12.7 Å². The topological polar surface area (TPSA) is 32.7 Å². The van der Waals surface area contributed by atoms with Gasteiger partial charge < -0.3 is 0 Å². The molecule has 0 saturated carbocycles. The largest absolute Gasteiger partial charge is 0.317 e. The van der Waals surface area contributed by atoms with Crippen LogP contribution in [-0.2, 0) is 4.79 Å². The molecule has 41 valence electrons. The van der Waals surface area contributed by atoms with Crippen LogP contribution in [0, 0.1) is 0 Å². The normalized spacial score (nSPS) is 16.8. The number of rotatable bonds is 1. The second-order valence-corrected chi connectivity index (χ2v) is 1.39. The molecule has 0 aromatic heterocycles. The fraction of sp³-hybridized carbons (Fsp3) is 0.200. The Kier molecular flexibility index (Phi) is 1.42. The van der Waals surface area contributed by atoms with Gasteiger partial charge in [-0.05, 0) is 6.08 Å². The van der Waals surface area contributed by atoms with E-state index in [1.807, 2.05) is 0 Å². The van der Waals surface area contributed by atoms with Crippen molar-refractivity contribution in [2.45, 2.75) is 0 Å². The minimum absolute atomic E-state index is 0.590. The summed E-state index contributed by atoms with van der Waals surface area (Å²) >= 11 is 0. The summed E-state index contributed by atoms with van der Waals surface area (Å²) in [6, 6.07) is 0. The molecule has 0 spiro atoms. The second kappa shape index (κ2) is 2.26. The van der Waals surface area contributed by atoms with Gasteiger partial charge in [-0.25, -0.2) is 4.99 Å². The van der Waals surface area contributed by atoms with Crippen LogP contribution in [0.5, 0.6) is 0 Å². The Morgan fingerprint density at radius 3 is 3.00 bits per heavy atom. The van der Waals surface area contributed by atoms with Crippen LogP contribution in [0.2, 0.25) is 0 Å². The molecule has 1 rings (SSSR count). The van der Waals surface area contributed by atoms with Crippen LogP contribution in [0.25, 0.3) is 0 Å². The molecule has 8 heavy (non-hydrogen) atoms. The first-order chi connectivity index (χ1) is 3.93. The van der Waals surface area contributed by atoms with Gasteiger partial charge in [0.1, 0.15) is 0 Å². The predicted molar refractivity (Wildman–Crippen MR) is 30.0 cm³/mol. The van der Waals surface area contributed by atoms with E-state index in [0.29, 0.717) is 6.54 Å². The van der Waals surface area contributed by atoms with E-state index >= 15 is 0 Å². The molecule has 3 heteroatoms. The average Bonchev–Trinajstić information content (AvgIpc) is 1.90. The molecule has 1 radical (unpaired) electrons. The standard InChI is InChI=1S/C5H5N2O/c8-5-7-3-1-2-6-4-7/h1-2,4H,3H2.